The minimum Gasteiger partial charge on any atom is -0.496 e. The molecule has 0 fully saturated rings. The number of carbonyl (C=O) groups is 1. The van der Waals surface area contributed by atoms with Gasteiger partial charge in [-0.15, -0.1) is 0 Å². The van der Waals surface area contributed by atoms with Crippen LogP contribution in [0.4, 0.5) is 0 Å². The van der Waals surface area contributed by atoms with Crippen molar-refractivity contribution < 1.29 is 18.7 Å². The molecule has 5 nitrogen and oxygen atoms in total. The lowest BCUT2D eigenvalue weighted by Crippen LogP contribution is -2.27. The standard InChI is InChI=1S/C32H35NO4/c1-23(2)37-26-17-15-25(16-18-26)29(28-12-7-8-13-30(28)35-3)22-32(34)33-20-19-27(31-14-9-21-36-31)24-10-5-4-6-11-24/h4-18,21,23,27,29H,19-20,22H2,1-3H3,(H,33,34)/t27-,29-/m1/s1. The molecule has 37 heavy (non-hydrogen) atoms. The predicted octanol–water partition coefficient (Wildman–Crippen LogP) is 6.94. The summed E-state index contributed by atoms with van der Waals surface area (Å²) < 4.78 is 17.2. The van der Waals surface area contributed by atoms with Crippen LogP contribution < -0.4 is 14.8 Å². The Morgan fingerprint density at radius 1 is 0.838 bits per heavy atom. The fourth-order valence-corrected chi connectivity index (χ4v) is 4.67. The van der Waals surface area contributed by atoms with Gasteiger partial charge in [-0.3, -0.25) is 4.79 Å². The van der Waals surface area contributed by atoms with Gasteiger partial charge in [-0.25, -0.2) is 0 Å². The summed E-state index contributed by atoms with van der Waals surface area (Å²) in [7, 11) is 1.66. The van der Waals surface area contributed by atoms with E-state index < -0.39 is 0 Å². The average Bonchev–Trinajstić information content (AvgIpc) is 3.45. The molecule has 5 heteroatoms. The van der Waals surface area contributed by atoms with Gasteiger partial charge in [0.25, 0.3) is 0 Å². The molecule has 1 amide bonds. The van der Waals surface area contributed by atoms with Gasteiger partial charge in [0.15, 0.2) is 0 Å². The fraction of sp³-hybridized carbons (Fsp3) is 0.281. The third-order valence-corrected chi connectivity index (χ3v) is 6.40. The van der Waals surface area contributed by atoms with E-state index in [4.69, 9.17) is 13.9 Å². The first-order valence-corrected chi connectivity index (χ1v) is 12.8. The van der Waals surface area contributed by atoms with Crippen molar-refractivity contribution in [3.8, 4) is 11.5 Å². The van der Waals surface area contributed by atoms with Gasteiger partial charge in [0.05, 0.1) is 19.5 Å². The quantitative estimate of drug-likeness (QED) is 0.230. The first-order valence-electron chi connectivity index (χ1n) is 12.8. The van der Waals surface area contributed by atoms with E-state index in [1.165, 1.54) is 5.56 Å². The second-order valence-corrected chi connectivity index (χ2v) is 9.35. The number of benzene rings is 3. The molecular weight excluding hydrogens is 462 g/mol. The highest BCUT2D eigenvalue weighted by Crippen LogP contribution is 2.35. The number of hydrogen-bond acceptors (Lipinski definition) is 4. The molecule has 0 aliphatic carbocycles. The molecule has 4 rings (SSSR count). The van der Waals surface area contributed by atoms with E-state index in [-0.39, 0.29) is 23.8 Å². The molecule has 0 saturated carbocycles. The summed E-state index contributed by atoms with van der Waals surface area (Å²) in [5.74, 6) is 2.40. The Kier molecular flexibility index (Phi) is 9.03. The van der Waals surface area contributed by atoms with Crippen LogP contribution >= 0.6 is 0 Å². The van der Waals surface area contributed by atoms with Crippen molar-refractivity contribution in [1.82, 2.24) is 5.32 Å². The van der Waals surface area contributed by atoms with Crippen LogP contribution in [0.5, 0.6) is 11.5 Å². The molecule has 1 aromatic heterocycles. The third kappa shape index (κ3) is 7.04. The lowest BCUT2D eigenvalue weighted by Gasteiger charge is -2.21. The van der Waals surface area contributed by atoms with Crippen LogP contribution in [0.25, 0.3) is 0 Å². The average molecular weight is 498 g/mol. The molecule has 0 unspecified atom stereocenters. The van der Waals surface area contributed by atoms with Crippen LogP contribution in [0.3, 0.4) is 0 Å². The largest absolute Gasteiger partial charge is 0.496 e. The molecule has 2 atom stereocenters. The third-order valence-electron chi connectivity index (χ3n) is 6.40. The Labute approximate surface area is 219 Å². The number of carbonyl (C=O) groups excluding carboxylic acids is 1. The topological polar surface area (TPSA) is 60.7 Å². The molecule has 1 heterocycles. The van der Waals surface area contributed by atoms with E-state index in [2.05, 4.69) is 17.4 Å². The summed E-state index contributed by atoms with van der Waals surface area (Å²) in [5, 5.41) is 3.14. The highest BCUT2D eigenvalue weighted by molar-refractivity contribution is 5.77. The maximum atomic E-state index is 13.2. The van der Waals surface area contributed by atoms with Crippen LogP contribution in [-0.4, -0.2) is 25.7 Å². The van der Waals surface area contributed by atoms with Gasteiger partial charge in [0.1, 0.15) is 17.3 Å². The molecule has 0 aliphatic rings. The maximum Gasteiger partial charge on any atom is 0.220 e. The van der Waals surface area contributed by atoms with E-state index in [1.54, 1.807) is 13.4 Å². The van der Waals surface area contributed by atoms with Gasteiger partial charge in [-0.2, -0.15) is 0 Å². The van der Waals surface area contributed by atoms with Crippen molar-refractivity contribution in [3.63, 3.8) is 0 Å². The summed E-state index contributed by atoms with van der Waals surface area (Å²) in [6.45, 7) is 4.55. The smallest absolute Gasteiger partial charge is 0.220 e. The lowest BCUT2D eigenvalue weighted by molar-refractivity contribution is -0.121. The molecule has 1 N–H and O–H groups in total. The highest BCUT2D eigenvalue weighted by Gasteiger charge is 2.23. The first kappa shape index (κ1) is 26.1. The van der Waals surface area contributed by atoms with Crippen LogP contribution in [-0.2, 0) is 4.79 Å². The van der Waals surface area contributed by atoms with Crippen LogP contribution in [0.15, 0.2) is 102 Å². The Balaban J connectivity index is 1.48. The van der Waals surface area contributed by atoms with Gasteiger partial charge < -0.3 is 19.2 Å². The summed E-state index contributed by atoms with van der Waals surface area (Å²) in [4.78, 5) is 13.2. The number of hydrogen-bond donors (Lipinski definition) is 1. The zero-order valence-electron chi connectivity index (χ0n) is 21.7. The summed E-state index contributed by atoms with van der Waals surface area (Å²) in [6.07, 6.45) is 2.84. The van der Waals surface area contributed by atoms with Crippen molar-refractivity contribution >= 4 is 5.91 Å². The number of rotatable bonds is 12. The Morgan fingerprint density at radius 2 is 1.54 bits per heavy atom. The normalized spacial score (nSPS) is 12.6. The van der Waals surface area contributed by atoms with Gasteiger partial charge in [-0.1, -0.05) is 60.7 Å². The number of amides is 1. The van der Waals surface area contributed by atoms with Crippen molar-refractivity contribution in [2.45, 2.75) is 44.6 Å². The molecular formula is C32H35NO4. The first-order chi connectivity index (χ1) is 18.0. The van der Waals surface area contributed by atoms with Crippen molar-refractivity contribution in [2.75, 3.05) is 13.7 Å². The van der Waals surface area contributed by atoms with E-state index in [0.29, 0.717) is 13.0 Å². The van der Waals surface area contributed by atoms with Gasteiger partial charge in [0, 0.05) is 30.4 Å². The molecule has 0 radical (unpaired) electrons. The number of methoxy groups -OCH3 is 1. The number of furan rings is 1. The van der Waals surface area contributed by atoms with E-state index >= 15 is 0 Å². The maximum absolute atomic E-state index is 13.2. The predicted molar refractivity (Wildman–Crippen MR) is 146 cm³/mol. The van der Waals surface area contributed by atoms with Crippen LogP contribution in [0.1, 0.15) is 61.0 Å². The molecule has 192 valence electrons. The zero-order valence-corrected chi connectivity index (χ0v) is 21.7. The Morgan fingerprint density at radius 3 is 2.22 bits per heavy atom. The second kappa shape index (κ2) is 12.8. The van der Waals surface area contributed by atoms with Crippen molar-refractivity contribution in [3.05, 3.63) is 120 Å². The highest BCUT2D eigenvalue weighted by atomic mass is 16.5. The van der Waals surface area contributed by atoms with E-state index in [0.717, 1.165) is 34.8 Å². The number of nitrogens with one attached hydrogen (secondary N) is 1. The monoisotopic (exact) mass is 497 g/mol. The van der Waals surface area contributed by atoms with Gasteiger partial charge in [0.2, 0.25) is 5.91 Å². The summed E-state index contributed by atoms with van der Waals surface area (Å²) in [6, 6.07) is 30.0. The molecule has 3 aromatic carbocycles. The minimum atomic E-state index is -0.153. The van der Waals surface area contributed by atoms with E-state index in [1.807, 2.05) is 92.7 Å². The van der Waals surface area contributed by atoms with Crippen molar-refractivity contribution in [2.24, 2.45) is 0 Å². The van der Waals surface area contributed by atoms with Crippen LogP contribution in [0, 0.1) is 0 Å². The minimum absolute atomic E-state index is 0.00957. The zero-order chi connectivity index (χ0) is 26.0. The molecule has 4 aromatic rings. The Hall–Kier alpha value is -3.99. The lowest BCUT2D eigenvalue weighted by atomic mass is 9.87. The number of para-hydroxylation sites is 1. The Bertz CT molecular complexity index is 1230. The molecule has 0 spiro atoms. The second-order valence-electron chi connectivity index (χ2n) is 9.35. The SMILES string of the molecule is COc1ccccc1[C@H](CC(=O)NCC[C@H](c1ccccc1)c1ccco1)c1ccc(OC(C)C)cc1. The molecule has 0 saturated heterocycles. The van der Waals surface area contributed by atoms with Gasteiger partial charge >= 0.3 is 0 Å². The van der Waals surface area contributed by atoms with Gasteiger partial charge in [-0.05, 0) is 61.7 Å². The van der Waals surface area contributed by atoms with Crippen LogP contribution in [0.2, 0.25) is 0 Å². The fourth-order valence-electron chi connectivity index (χ4n) is 4.67. The molecule has 0 aliphatic heterocycles. The summed E-state index contributed by atoms with van der Waals surface area (Å²) in [5.41, 5.74) is 3.19. The van der Waals surface area contributed by atoms with E-state index in [9.17, 15) is 4.79 Å². The van der Waals surface area contributed by atoms with Crippen molar-refractivity contribution in [1.29, 1.82) is 0 Å². The summed E-state index contributed by atoms with van der Waals surface area (Å²) >= 11 is 0. The number of ether oxygens (including phenoxy) is 2. The molecule has 0 bridgehead atoms.